The molecule has 0 amide bonds. The third kappa shape index (κ3) is 2.35. The zero-order valence-electron chi connectivity index (χ0n) is 11.1. The molecule has 3 heteroatoms. The van der Waals surface area contributed by atoms with Gasteiger partial charge >= 0.3 is 0 Å². The fourth-order valence-corrected chi connectivity index (χ4v) is 2.77. The summed E-state index contributed by atoms with van der Waals surface area (Å²) in [6.07, 6.45) is 5.22. The summed E-state index contributed by atoms with van der Waals surface area (Å²) in [5, 5.41) is 3.62. The summed E-state index contributed by atoms with van der Waals surface area (Å²) >= 11 is 0. The van der Waals surface area contributed by atoms with Crippen molar-refractivity contribution in [1.29, 1.82) is 0 Å². The highest BCUT2D eigenvalue weighted by molar-refractivity contribution is 5.77. The highest BCUT2D eigenvalue weighted by Crippen LogP contribution is 2.27. The summed E-state index contributed by atoms with van der Waals surface area (Å²) in [6, 6.07) is 6.80. The van der Waals surface area contributed by atoms with Crippen molar-refractivity contribution in [3.8, 4) is 0 Å². The van der Waals surface area contributed by atoms with Crippen LogP contribution in [-0.4, -0.2) is 11.0 Å². The van der Waals surface area contributed by atoms with Crippen LogP contribution < -0.4 is 5.32 Å². The summed E-state index contributed by atoms with van der Waals surface area (Å²) < 4.78 is 5.49. The predicted molar refractivity (Wildman–Crippen MR) is 73.8 cm³/mol. The molecule has 0 saturated heterocycles. The monoisotopic (exact) mass is 244 g/mol. The van der Waals surface area contributed by atoms with Crippen LogP contribution in [0, 0.1) is 12.8 Å². The highest BCUT2D eigenvalue weighted by Gasteiger charge is 2.18. The maximum absolute atomic E-state index is 5.49. The van der Waals surface area contributed by atoms with Gasteiger partial charge in [0.1, 0.15) is 5.52 Å². The van der Waals surface area contributed by atoms with E-state index in [9.17, 15) is 0 Å². The Bertz CT molecular complexity index is 538. The molecule has 3 nitrogen and oxygen atoms in total. The van der Waals surface area contributed by atoms with Crippen molar-refractivity contribution in [2.75, 3.05) is 5.32 Å². The molecular formula is C15H20N2O. The molecule has 1 aliphatic carbocycles. The number of aryl methyl sites for hydroxylation is 1. The van der Waals surface area contributed by atoms with Gasteiger partial charge < -0.3 is 9.73 Å². The minimum Gasteiger partial charge on any atom is -0.441 e. The normalized spacial score (nSPS) is 24.3. The average molecular weight is 244 g/mol. The lowest BCUT2D eigenvalue weighted by Crippen LogP contribution is -2.25. The molecule has 1 aromatic heterocycles. The van der Waals surface area contributed by atoms with Crippen molar-refractivity contribution >= 4 is 16.8 Å². The van der Waals surface area contributed by atoms with Crippen LogP contribution in [0.1, 0.15) is 38.5 Å². The molecule has 0 aliphatic heterocycles. The van der Waals surface area contributed by atoms with Crippen molar-refractivity contribution in [2.45, 2.75) is 45.6 Å². The van der Waals surface area contributed by atoms with Crippen molar-refractivity contribution < 1.29 is 4.42 Å². The van der Waals surface area contributed by atoms with Crippen LogP contribution in [0.15, 0.2) is 22.6 Å². The largest absolute Gasteiger partial charge is 0.441 e. The Morgan fingerprint density at radius 2 is 2.00 bits per heavy atom. The Morgan fingerprint density at radius 3 is 2.78 bits per heavy atom. The first-order valence-corrected chi connectivity index (χ1v) is 6.84. The van der Waals surface area contributed by atoms with Crippen molar-refractivity contribution in [3.63, 3.8) is 0 Å². The van der Waals surface area contributed by atoms with Gasteiger partial charge in [-0.05, 0) is 49.8 Å². The average Bonchev–Trinajstić information content (AvgIpc) is 2.71. The molecule has 1 aliphatic rings. The molecule has 1 N–H and O–H groups in total. The number of nitrogens with one attached hydrogen (secondary N) is 1. The second-order valence-corrected chi connectivity index (χ2v) is 5.52. The van der Waals surface area contributed by atoms with E-state index in [4.69, 9.17) is 4.42 Å². The standard InChI is InChI=1S/C15H20N2O/c1-10-3-5-12(6-4-10)17-13-7-8-15-14(9-13)16-11(2)18-15/h7-10,12,17H,3-6H2,1-2H3. The van der Waals surface area contributed by atoms with Crippen LogP contribution in [0.4, 0.5) is 5.69 Å². The number of hydrogen-bond acceptors (Lipinski definition) is 3. The first-order chi connectivity index (χ1) is 8.70. The molecule has 1 saturated carbocycles. The van der Waals surface area contributed by atoms with Crippen molar-refractivity contribution in [1.82, 2.24) is 4.98 Å². The number of oxazole rings is 1. The summed E-state index contributed by atoms with van der Waals surface area (Å²) in [7, 11) is 0. The Morgan fingerprint density at radius 1 is 1.22 bits per heavy atom. The van der Waals surface area contributed by atoms with Crippen molar-refractivity contribution in [2.24, 2.45) is 5.92 Å². The van der Waals surface area contributed by atoms with Gasteiger partial charge in [0.05, 0.1) is 0 Å². The summed E-state index contributed by atoms with van der Waals surface area (Å²) in [6.45, 7) is 4.23. The topological polar surface area (TPSA) is 38.1 Å². The second kappa shape index (κ2) is 4.63. The van der Waals surface area contributed by atoms with Crippen LogP contribution in [0.5, 0.6) is 0 Å². The van der Waals surface area contributed by atoms with E-state index in [2.05, 4.69) is 29.4 Å². The Balaban J connectivity index is 1.74. The number of nitrogens with zero attached hydrogens (tertiary/aromatic N) is 1. The summed E-state index contributed by atoms with van der Waals surface area (Å²) in [5.74, 6) is 1.62. The maximum Gasteiger partial charge on any atom is 0.192 e. The minimum absolute atomic E-state index is 0.617. The molecule has 0 bridgehead atoms. The summed E-state index contributed by atoms with van der Waals surface area (Å²) in [4.78, 5) is 4.37. The van der Waals surface area contributed by atoms with E-state index in [0.29, 0.717) is 6.04 Å². The first-order valence-electron chi connectivity index (χ1n) is 6.84. The molecule has 3 rings (SSSR count). The van der Waals surface area contributed by atoms with Gasteiger partial charge in [-0.2, -0.15) is 0 Å². The van der Waals surface area contributed by atoms with Gasteiger partial charge in [0.15, 0.2) is 11.5 Å². The molecule has 0 unspecified atom stereocenters. The van der Waals surface area contributed by atoms with E-state index in [1.807, 2.05) is 13.0 Å². The Kier molecular flexibility index (Phi) is 2.98. The minimum atomic E-state index is 0.617. The molecule has 18 heavy (non-hydrogen) atoms. The maximum atomic E-state index is 5.49. The van der Waals surface area contributed by atoms with E-state index < -0.39 is 0 Å². The fraction of sp³-hybridized carbons (Fsp3) is 0.533. The van der Waals surface area contributed by atoms with E-state index in [1.54, 1.807) is 0 Å². The predicted octanol–water partition coefficient (Wildman–Crippen LogP) is 4.13. The first kappa shape index (κ1) is 11.6. The van der Waals surface area contributed by atoms with E-state index in [-0.39, 0.29) is 0 Å². The van der Waals surface area contributed by atoms with Crippen LogP contribution in [0.3, 0.4) is 0 Å². The molecule has 1 heterocycles. The highest BCUT2D eigenvalue weighted by atomic mass is 16.3. The van der Waals surface area contributed by atoms with Crippen LogP contribution in [0.2, 0.25) is 0 Å². The Labute approximate surface area is 108 Å². The molecule has 1 fully saturated rings. The number of anilines is 1. The molecule has 2 aromatic rings. The van der Waals surface area contributed by atoms with Gasteiger partial charge in [-0.3, -0.25) is 0 Å². The lowest BCUT2D eigenvalue weighted by molar-refractivity contribution is 0.361. The quantitative estimate of drug-likeness (QED) is 0.863. The molecule has 0 atom stereocenters. The van der Waals surface area contributed by atoms with Crippen molar-refractivity contribution in [3.05, 3.63) is 24.1 Å². The number of benzene rings is 1. The Hall–Kier alpha value is -1.51. The number of aromatic nitrogens is 1. The van der Waals surface area contributed by atoms with Crippen LogP contribution >= 0.6 is 0 Å². The zero-order valence-corrected chi connectivity index (χ0v) is 11.1. The van der Waals surface area contributed by atoms with Gasteiger partial charge in [0, 0.05) is 18.7 Å². The molecule has 96 valence electrons. The smallest absolute Gasteiger partial charge is 0.192 e. The SMILES string of the molecule is Cc1nc2cc(NC3CCC(C)CC3)ccc2o1. The second-order valence-electron chi connectivity index (χ2n) is 5.52. The number of hydrogen-bond donors (Lipinski definition) is 1. The van der Waals surface area contributed by atoms with Gasteiger partial charge in [0.2, 0.25) is 0 Å². The third-order valence-electron chi connectivity index (χ3n) is 3.88. The molecule has 0 spiro atoms. The summed E-state index contributed by atoms with van der Waals surface area (Å²) in [5.41, 5.74) is 2.98. The zero-order chi connectivity index (χ0) is 12.5. The van der Waals surface area contributed by atoms with E-state index >= 15 is 0 Å². The van der Waals surface area contributed by atoms with Gasteiger partial charge in [-0.1, -0.05) is 6.92 Å². The van der Waals surface area contributed by atoms with Crippen LogP contribution in [-0.2, 0) is 0 Å². The van der Waals surface area contributed by atoms with Crippen LogP contribution in [0.25, 0.3) is 11.1 Å². The fourth-order valence-electron chi connectivity index (χ4n) is 2.77. The van der Waals surface area contributed by atoms with E-state index in [1.165, 1.54) is 25.7 Å². The molecular weight excluding hydrogens is 224 g/mol. The molecule has 1 aromatic carbocycles. The van der Waals surface area contributed by atoms with Gasteiger partial charge in [0.25, 0.3) is 0 Å². The third-order valence-corrected chi connectivity index (χ3v) is 3.88. The van der Waals surface area contributed by atoms with Gasteiger partial charge in [-0.25, -0.2) is 4.98 Å². The van der Waals surface area contributed by atoms with E-state index in [0.717, 1.165) is 28.6 Å². The van der Waals surface area contributed by atoms with Gasteiger partial charge in [-0.15, -0.1) is 0 Å². The molecule has 0 radical (unpaired) electrons. The number of rotatable bonds is 2. The lowest BCUT2D eigenvalue weighted by atomic mass is 9.87. The lowest BCUT2D eigenvalue weighted by Gasteiger charge is -2.27. The number of fused-ring (bicyclic) bond motifs is 1.